The van der Waals surface area contributed by atoms with Gasteiger partial charge in [-0.05, 0) is 54.2 Å². The topological polar surface area (TPSA) is 138 Å². The number of methoxy groups -OCH3 is 2. The third kappa shape index (κ3) is 5.08. The maximum atomic E-state index is 11.9. The van der Waals surface area contributed by atoms with E-state index in [2.05, 4.69) is 6.92 Å². The standard InChI is InChI=1S/C32H38O9/c1-4-5-6-7-21-27-20-10-8-17-14-18(34)9-11-19(17)26(20)23(40-13-12-33)16-24(27)41-31(28(21)35)22-15-25(38-2)30(37)32(39-3)29(22)36/h9,11,14-16,21,28,31,33-37H,4-8,10,12-13H2,1-3H3/t21-,28-,31+/m1/s1. The second-order valence-corrected chi connectivity index (χ2v) is 10.6. The van der Waals surface area contributed by atoms with Gasteiger partial charge in [0.25, 0.3) is 0 Å². The number of aliphatic hydroxyl groups is 2. The average Bonchev–Trinajstić information content (AvgIpc) is 2.97. The van der Waals surface area contributed by atoms with Crippen molar-refractivity contribution in [1.82, 2.24) is 0 Å². The van der Waals surface area contributed by atoms with Crippen LogP contribution in [0.1, 0.15) is 66.9 Å². The minimum atomic E-state index is -1.03. The molecule has 0 saturated heterocycles. The van der Waals surface area contributed by atoms with E-state index < -0.39 is 12.2 Å². The van der Waals surface area contributed by atoms with Crippen LogP contribution in [-0.4, -0.2) is 59.1 Å². The molecule has 0 bridgehead atoms. The van der Waals surface area contributed by atoms with Crippen molar-refractivity contribution in [3.05, 3.63) is 52.6 Å². The Balaban J connectivity index is 1.71. The summed E-state index contributed by atoms with van der Waals surface area (Å²) in [6.07, 6.45) is 2.93. The Morgan fingerprint density at radius 3 is 2.46 bits per heavy atom. The summed E-state index contributed by atoms with van der Waals surface area (Å²) in [5.74, 6) is 0.167. The zero-order chi connectivity index (χ0) is 29.3. The monoisotopic (exact) mass is 566 g/mol. The van der Waals surface area contributed by atoms with Crippen LogP contribution in [0.15, 0.2) is 30.3 Å². The molecule has 9 heteroatoms. The molecule has 0 radical (unpaired) electrons. The highest BCUT2D eigenvalue weighted by Crippen LogP contribution is 2.56. The first-order valence-electron chi connectivity index (χ1n) is 14.1. The molecule has 41 heavy (non-hydrogen) atoms. The van der Waals surface area contributed by atoms with E-state index >= 15 is 0 Å². The molecule has 0 spiro atoms. The molecule has 1 aliphatic carbocycles. The van der Waals surface area contributed by atoms with Crippen molar-refractivity contribution in [2.75, 3.05) is 27.4 Å². The van der Waals surface area contributed by atoms with Gasteiger partial charge in [0.2, 0.25) is 11.5 Å². The van der Waals surface area contributed by atoms with Crippen molar-refractivity contribution in [3.8, 4) is 51.4 Å². The van der Waals surface area contributed by atoms with Crippen molar-refractivity contribution >= 4 is 0 Å². The summed E-state index contributed by atoms with van der Waals surface area (Å²) < 4.78 is 23.1. The Labute approximate surface area is 239 Å². The van der Waals surface area contributed by atoms with Crippen LogP contribution in [0.3, 0.4) is 0 Å². The smallest absolute Gasteiger partial charge is 0.207 e. The van der Waals surface area contributed by atoms with Crippen LogP contribution in [0.25, 0.3) is 11.1 Å². The summed E-state index contributed by atoms with van der Waals surface area (Å²) in [5, 5.41) is 53.2. The van der Waals surface area contributed by atoms with Crippen molar-refractivity contribution in [1.29, 1.82) is 0 Å². The van der Waals surface area contributed by atoms with E-state index in [1.54, 1.807) is 18.2 Å². The van der Waals surface area contributed by atoms with E-state index in [9.17, 15) is 25.5 Å². The summed E-state index contributed by atoms with van der Waals surface area (Å²) in [5.41, 5.74) is 4.96. The quantitative estimate of drug-likeness (QED) is 0.212. The first-order valence-corrected chi connectivity index (χ1v) is 14.1. The van der Waals surface area contributed by atoms with Crippen molar-refractivity contribution in [3.63, 3.8) is 0 Å². The van der Waals surface area contributed by atoms with Crippen LogP contribution in [0.2, 0.25) is 0 Å². The van der Waals surface area contributed by atoms with E-state index in [0.717, 1.165) is 47.1 Å². The number of benzene rings is 3. The predicted octanol–water partition coefficient (Wildman–Crippen LogP) is 5.12. The Hall–Kier alpha value is -3.82. The van der Waals surface area contributed by atoms with Crippen LogP contribution in [-0.2, 0) is 12.8 Å². The van der Waals surface area contributed by atoms with E-state index in [-0.39, 0.29) is 53.4 Å². The summed E-state index contributed by atoms with van der Waals surface area (Å²) in [6, 6.07) is 8.55. The number of unbranched alkanes of at least 4 members (excludes halogenated alkanes) is 2. The number of rotatable bonds is 10. The van der Waals surface area contributed by atoms with Gasteiger partial charge in [-0.15, -0.1) is 0 Å². The Morgan fingerprint density at radius 1 is 0.951 bits per heavy atom. The molecular weight excluding hydrogens is 528 g/mol. The van der Waals surface area contributed by atoms with Gasteiger partial charge in [0.15, 0.2) is 17.6 Å². The number of aromatic hydroxyl groups is 3. The Kier molecular flexibility index (Phi) is 8.37. The van der Waals surface area contributed by atoms with E-state index in [1.807, 2.05) is 6.07 Å². The summed E-state index contributed by atoms with van der Waals surface area (Å²) in [7, 11) is 2.72. The fourth-order valence-corrected chi connectivity index (χ4v) is 6.28. The lowest BCUT2D eigenvalue weighted by Crippen LogP contribution is -2.36. The first-order chi connectivity index (χ1) is 19.8. The predicted molar refractivity (Wildman–Crippen MR) is 153 cm³/mol. The lowest BCUT2D eigenvalue weighted by atomic mass is 9.74. The molecule has 220 valence electrons. The Morgan fingerprint density at radius 2 is 1.76 bits per heavy atom. The van der Waals surface area contributed by atoms with Gasteiger partial charge in [0, 0.05) is 28.7 Å². The van der Waals surface area contributed by atoms with Gasteiger partial charge in [-0.25, -0.2) is 0 Å². The van der Waals surface area contributed by atoms with Gasteiger partial charge >= 0.3 is 0 Å². The minimum absolute atomic E-state index is 0.0797. The molecule has 9 nitrogen and oxygen atoms in total. The number of phenolic OH excluding ortho intramolecular Hbond substituents is 3. The van der Waals surface area contributed by atoms with Gasteiger partial charge in [0.1, 0.15) is 30.0 Å². The van der Waals surface area contributed by atoms with Crippen LogP contribution < -0.4 is 18.9 Å². The first kappa shape index (κ1) is 28.7. The van der Waals surface area contributed by atoms with Crippen molar-refractivity contribution < 1.29 is 44.5 Å². The third-order valence-corrected chi connectivity index (χ3v) is 8.17. The fourth-order valence-electron chi connectivity index (χ4n) is 6.28. The van der Waals surface area contributed by atoms with Crippen molar-refractivity contribution in [2.45, 2.75) is 63.6 Å². The molecule has 2 aliphatic rings. The molecule has 0 fully saturated rings. The fraction of sp³-hybridized carbons (Fsp3) is 0.438. The average molecular weight is 567 g/mol. The van der Waals surface area contributed by atoms with E-state index in [1.165, 1.54) is 20.3 Å². The van der Waals surface area contributed by atoms with Crippen LogP contribution in [0.5, 0.6) is 40.2 Å². The molecule has 3 aromatic rings. The lowest BCUT2D eigenvalue weighted by molar-refractivity contribution is -0.00471. The molecule has 3 aromatic carbocycles. The molecule has 0 aromatic heterocycles. The normalized spacial score (nSPS) is 19.0. The third-order valence-electron chi connectivity index (χ3n) is 8.17. The largest absolute Gasteiger partial charge is 0.508 e. The lowest BCUT2D eigenvalue weighted by Gasteiger charge is -2.40. The van der Waals surface area contributed by atoms with Crippen LogP contribution in [0.4, 0.5) is 0 Å². The molecule has 1 aliphatic heterocycles. The number of aryl methyl sites for hydroxylation is 1. The van der Waals surface area contributed by atoms with Crippen LogP contribution >= 0.6 is 0 Å². The second kappa shape index (κ2) is 12.0. The highest BCUT2D eigenvalue weighted by molar-refractivity contribution is 5.82. The maximum absolute atomic E-state index is 11.9. The molecular formula is C32H38O9. The zero-order valence-electron chi connectivity index (χ0n) is 23.6. The van der Waals surface area contributed by atoms with Gasteiger partial charge in [-0.2, -0.15) is 0 Å². The van der Waals surface area contributed by atoms with Gasteiger partial charge in [0.05, 0.1) is 20.8 Å². The van der Waals surface area contributed by atoms with Gasteiger partial charge in [-0.3, -0.25) is 0 Å². The number of fused-ring (bicyclic) bond motifs is 5. The highest BCUT2D eigenvalue weighted by atomic mass is 16.5. The zero-order valence-corrected chi connectivity index (χ0v) is 23.6. The summed E-state index contributed by atoms with van der Waals surface area (Å²) in [4.78, 5) is 0. The summed E-state index contributed by atoms with van der Waals surface area (Å²) in [6.45, 7) is 2.04. The number of hydrogen-bond donors (Lipinski definition) is 5. The number of ether oxygens (including phenoxy) is 4. The molecule has 0 amide bonds. The molecule has 5 rings (SSSR count). The second-order valence-electron chi connectivity index (χ2n) is 10.6. The van der Waals surface area contributed by atoms with Crippen molar-refractivity contribution in [2.24, 2.45) is 0 Å². The maximum Gasteiger partial charge on any atom is 0.207 e. The van der Waals surface area contributed by atoms with Gasteiger partial charge in [-0.1, -0.05) is 32.3 Å². The minimum Gasteiger partial charge on any atom is -0.508 e. The highest BCUT2D eigenvalue weighted by Gasteiger charge is 2.43. The number of aliphatic hydroxyl groups excluding tert-OH is 2. The SMILES string of the molecule is CCCCC[C@@H]1c2c(cc(OCCO)c3c2CCc2cc(O)ccc2-3)O[C@@H](c2cc(OC)c(O)c(OC)c2O)[C@@H]1O. The molecule has 3 atom stereocenters. The van der Waals surface area contributed by atoms with E-state index in [0.29, 0.717) is 30.8 Å². The molecule has 5 N–H and O–H groups in total. The number of hydrogen-bond acceptors (Lipinski definition) is 9. The van der Waals surface area contributed by atoms with Crippen LogP contribution in [0, 0.1) is 0 Å². The molecule has 0 saturated carbocycles. The molecule has 0 unspecified atom stereocenters. The molecule has 1 heterocycles. The Bertz CT molecular complexity index is 1420. The van der Waals surface area contributed by atoms with E-state index in [4.69, 9.17) is 18.9 Å². The summed E-state index contributed by atoms with van der Waals surface area (Å²) >= 11 is 0. The van der Waals surface area contributed by atoms with Gasteiger partial charge < -0.3 is 44.5 Å². The number of phenols is 3.